The molecule has 2 aliphatic heterocycles. The Balaban J connectivity index is 1.77. The van der Waals surface area contributed by atoms with Crippen molar-refractivity contribution in [3.8, 4) is 23.0 Å². The quantitative estimate of drug-likeness (QED) is 0.917. The van der Waals surface area contributed by atoms with Gasteiger partial charge in [-0.2, -0.15) is 0 Å². The number of phenols is 1. The van der Waals surface area contributed by atoms with E-state index >= 15 is 0 Å². The lowest BCUT2D eigenvalue weighted by Gasteiger charge is -2.36. The third-order valence-electron chi connectivity index (χ3n) is 5.72. The lowest BCUT2D eigenvalue weighted by atomic mass is 9.88. The molecule has 26 heavy (non-hydrogen) atoms. The van der Waals surface area contributed by atoms with Crippen molar-refractivity contribution in [1.29, 1.82) is 0 Å². The average molecular weight is 355 g/mol. The van der Waals surface area contributed by atoms with Crippen LogP contribution in [0.15, 0.2) is 24.3 Å². The van der Waals surface area contributed by atoms with Gasteiger partial charge in [-0.1, -0.05) is 6.07 Å². The van der Waals surface area contributed by atoms with E-state index in [1.54, 1.807) is 21.3 Å². The number of rotatable bonds is 3. The molecule has 0 saturated carbocycles. The molecule has 0 aromatic heterocycles. The maximum atomic E-state index is 10.3. The second-order valence-corrected chi connectivity index (χ2v) is 6.92. The van der Waals surface area contributed by atoms with Gasteiger partial charge in [0.25, 0.3) is 0 Å². The highest BCUT2D eigenvalue weighted by Crippen LogP contribution is 2.43. The zero-order valence-corrected chi connectivity index (χ0v) is 15.5. The lowest BCUT2D eigenvalue weighted by Crippen LogP contribution is -2.36. The molecule has 0 radical (unpaired) electrons. The summed E-state index contributed by atoms with van der Waals surface area (Å²) >= 11 is 0. The Bertz CT molecular complexity index is 833. The zero-order chi connectivity index (χ0) is 18.3. The normalized spacial score (nSPS) is 19.0. The van der Waals surface area contributed by atoms with E-state index in [0.717, 1.165) is 43.9 Å². The molecule has 2 aromatic carbocycles. The van der Waals surface area contributed by atoms with Gasteiger partial charge in [0.1, 0.15) is 0 Å². The number of ether oxygens (including phenoxy) is 3. The molecule has 5 nitrogen and oxygen atoms in total. The Morgan fingerprint density at radius 2 is 1.69 bits per heavy atom. The SMILES string of the molecule is COc1cc2c(cc1O)C1Cc3ccc(OC)c(OC)c3CCN1CC2. The summed E-state index contributed by atoms with van der Waals surface area (Å²) in [6.07, 6.45) is 2.80. The Kier molecular flexibility index (Phi) is 4.41. The minimum Gasteiger partial charge on any atom is -0.504 e. The van der Waals surface area contributed by atoms with Gasteiger partial charge in [-0.3, -0.25) is 4.90 Å². The van der Waals surface area contributed by atoms with Crippen LogP contribution in [0.2, 0.25) is 0 Å². The van der Waals surface area contributed by atoms with Gasteiger partial charge in [-0.25, -0.2) is 0 Å². The first-order valence-corrected chi connectivity index (χ1v) is 9.02. The largest absolute Gasteiger partial charge is 0.504 e. The highest BCUT2D eigenvalue weighted by molar-refractivity contribution is 5.53. The van der Waals surface area contributed by atoms with E-state index in [1.807, 2.05) is 18.2 Å². The first-order chi connectivity index (χ1) is 12.7. The fourth-order valence-corrected chi connectivity index (χ4v) is 4.40. The molecule has 0 amide bonds. The monoisotopic (exact) mass is 355 g/mol. The van der Waals surface area contributed by atoms with Crippen LogP contribution >= 0.6 is 0 Å². The summed E-state index contributed by atoms with van der Waals surface area (Å²) in [5.74, 6) is 2.40. The first-order valence-electron chi connectivity index (χ1n) is 9.02. The predicted octanol–water partition coefficient (Wildman–Crippen LogP) is 3.12. The van der Waals surface area contributed by atoms with Crippen molar-refractivity contribution in [2.75, 3.05) is 34.4 Å². The van der Waals surface area contributed by atoms with Crippen LogP contribution in [-0.4, -0.2) is 44.4 Å². The number of phenolic OH excluding ortho intramolecular Hbond substituents is 1. The maximum absolute atomic E-state index is 10.3. The van der Waals surface area contributed by atoms with Crippen LogP contribution in [0.1, 0.15) is 28.3 Å². The van der Waals surface area contributed by atoms with Gasteiger partial charge in [0, 0.05) is 24.7 Å². The molecular weight excluding hydrogens is 330 g/mol. The molecule has 0 saturated heterocycles. The Hall–Kier alpha value is -2.40. The summed E-state index contributed by atoms with van der Waals surface area (Å²) in [5.41, 5.74) is 5.00. The molecule has 0 fully saturated rings. The number of benzene rings is 2. The third-order valence-corrected chi connectivity index (χ3v) is 5.72. The molecule has 2 heterocycles. The molecule has 4 rings (SSSR count). The molecule has 5 heteroatoms. The van der Waals surface area contributed by atoms with Crippen LogP contribution in [0.5, 0.6) is 23.0 Å². The van der Waals surface area contributed by atoms with E-state index in [1.165, 1.54) is 22.3 Å². The summed E-state index contributed by atoms with van der Waals surface area (Å²) in [6, 6.07) is 8.27. The second kappa shape index (κ2) is 6.72. The van der Waals surface area contributed by atoms with Crippen LogP contribution in [-0.2, 0) is 19.3 Å². The fourth-order valence-electron chi connectivity index (χ4n) is 4.40. The topological polar surface area (TPSA) is 51.2 Å². The molecule has 1 unspecified atom stereocenters. The van der Waals surface area contributed by atoms with Crippen molar-refractivity contribution >= 4 is 0 Å². The van der Waals surface area contributed by atoms with E-state index in [0.29, 0.717) is 5.75 Å². The molecule has 0 aliphatic carbocycles. The molecule has 1 N–H and O–H groups in total. The Morgan fingerprint density at radius 3 is 2.42 bits per heavy atom. The summed E-state index contributed by atoms with van der Waals surface area (Å²) in [4.78, 5) is 2.51. The first kappa shape index (κ1) is 17.0. The van der Waals surface area contributed by atoms with Crippen molar-refractivity contribution in [2.45, 2.75) is 25.3 Å². The summed E-state index contributed by atoms with van der Waals surface area (Å²) in [6.45, 7) is 1.98. The van der Waals surface area contributed by atoms with Gasteiger partial charge in [0.2, 0.25) is 0 Å². The van der Waals surface area contributed by atoms with Crippen LogP contribution < -0.4 is 14.2 Å². The summed E-state index contributed by atoms with van der Waals surface area (Å²) in [7, 11) is 4.98. The van der Waals surface area contributed by atoms with Gasteiger partial charge >= 0.3 is 0 Å². The van der Waals surface area contributed by atoms with Gasteiger partial charge in [-0.15, -0.1) is 0 Å². The van der Waals surface area contributed by atoms with E-state index in [-0.39, 0.29) is 11.8 Å². The standard InChI is InChI=1S/C21H25NO4/c1-24-19-5-4-13-10-17-16-12-18(23)20(25-2)11-14(16)6-8-22(17)9-7-15(13)21(19)26-3/h4-5,11-12,17,23H,6-10H2,1-3H3. The van der Waals surface area contributed by atoms with Crippen molar-refractivity contribution in [3.63, 3.8) is 0 Å². The van der Waals surface area contributed by atoms with Crippen molar-refractivity contribution < 1.29 is 19.3 Å². The third kappa shape index (κ3) is 2.67. The van der Waals surface area contributed by atoms with Gasteiger partial charge in [-0.05, 0) is 54.2 Å². The summed E-state index contributed by atoms with van der Waals surface area (Å²) in [5, 5.41) is 10.3. The van der Waals surface area contributed by atoms with Crippen molar-refractivity contribution in [2.24, 2.45) is 0 Å². The Morgan fingerprint density at radius 1 is 0.923 bits per heavy atom. The second-order valence-electron chi connectivity index (χ2n) is 6.92. The van der Waals surface area contributed by atoms with E-state index in [2.05, 4.69) is 11.0 Å². The number of hydrogen-bond donors (Lipinski definition) is 1. The smallest absolute Gasteiger partial charge is 0.164 e. The minimum atomic E-state index is 0.213. The minimum absolute atomic E-state index is 0.213. The molecular formula is C21H25NO4. The van der Waals surface area contributed by atoms with Crippen LogP contribution in [0, 0.1) is 0 Å². The molecule has 138 valence electrons. The van der Waals surface area contributed by atoms with Crippen molar-refractivity contribution in [1.82, 2.24) is 4.90 Å². The van der Waals surface area contributed by atoms with Crippen molar-refractivity contribution in [3.05, 3.63) is 46.5 Å². The number of fused-ring (bicyclic) bond motifs is 4. The molecule has 2 aliphatic rings. The maximum Gasteiger partial charge on any atom is 0.164 e. The highest BCUT2D eigenvalue weighted by Gasteiger charge is 2.32. The van der Waals surface area contributed by atoms with Crippen LogP contribution in [0.4, 0.5) is 0 Å². The van der Waals surface area contributed by atoms with Gasteiger partial charge in [0.05, 0.1) is 21.3 Å². The molecule has 1 atom stereocenters. The number of hydrogen-bond acceptors (Lipinski definition) is 5. The van der Waals surface area contributed by atoms with Crippen LogP contribution in [0.25, 0.3) is 0 Å². The number of methoxy groups -OCH3 is 3. The van der Waals surface area contributed by atoms with Gasteiger partial charge < -0.3 is 19.3 Å². The zero-order valence-electron chi connectivity index (χ0n) is 15.5. The average Bonchev–Trinajstić information content (AvgIpc) is 2.86. The van der Waals surface area contributed by atoms with E-state index in [9.17, 15) is 5.11 Å². The number of aromatic hydroxyl groups is 1. The highest BCUT2D eigenvalue weighted by atomic mass is 16.5. The molecule has 0 spiro atoms. The molecule has 0 bridgehead atoms. The molecule has 2 aromatic rings. The van der Waals surface area contributed by atoms with E-state index in [4.69, 9.17) is 14.2 Å². The predicted molar refractivity (Wildman–Crippen MR) is 99.6 cm³/mol. The lowest BCUT2D eigenvalue weighted by molar-refractivity contribution is 0.191. The summed E-state index contributed by atoms with van der Waals surface area (Å²) < 4.78 is 16.4. The van der Waals surface area contributed by atoms with Crippen LogP contribution in [0.3, 0.4) is 0 Å². The fraction of sp³-hybridized carbons (Fsp3) is 0.429. The number of nitrogens with zero attached hydrogens (tertiary/aromatic N) is 1. The van der Waals surface area contributed by atoms with E-state index < -0.39 is 0 Å². The Labute approximate surface area is 154 Å². The van der Waals surface area contributed by atoms with Gasteiger partial charge in [0.15, 0.2) is 23.0 Å².